The molecule has 0 spiro atoms. The van der Waals surface area contributed by atoms with Crippen LogP contribution in [-0.2, 0) is 6.42 Å². The second-order valence-electron chi connectivity index (χ2n) is 6.01. The van der Waals surface area contributed by atoms with Crippen LogP contribution in [0.2, 0.25) is 5.02 Å². The predicted octanol–water partition coefficient (Wildman–Crippen LogP) is 3.45. The first-order valence-electron chi connectivity index (χ1n) is 7.75. The van der Waals surface area contributed by atoms with Crippen LogP contribution in [0.5, 0.6) is 0 Å². The minimum Gasteiger partial charge on any atom is -0.274 e. The van der Waals surface area contributed by atoms with Crippen molar-refractivity contribution in [2.75, 3.05) is 6.54 Å². The van der Waals surface area contributed by atoms with E-state index in [0.717, 1.165) is 35.5 Å². The van der Waals surface area contributed by atoms with Crippen LogP contribution in [-0.4, -0.2) is 28.2 Å². The fraction of sp³-hybridized carbons (Fsp3) is 0.278. The van der Waals surface area contributed by atoms with Crippen molar-refractivity contribution in [3.63, 3.8) is 0 Å². The van der Waals surface area contributed by atoms with Crippen molar-refractivity contribution in [2.45, 2.75) is 25.2 Å². The molecule has 0 bridgehead atoms. The Hall–Kier alpha value is -2.20. The predicted molar refractivity (Wildman–Crippen MR) is 86.7 cm³/mol. The van der Waals surface area contributed by atoms with Crippen LogP contribution < -0.4 is 0 Å². The third-order valence-electron chi connectivity index (χ3n) is 4.68. The van der Waals surface area contributed by atoms with Gasteiger partial charge >= 0.3 is 0 Å². The van der Waals surface area contributed by atoms with Gasteiger partial charge in [-0.15, -0.1) is 0 Å². The van der Waals surface area contributed by atoms with Gasteiger partial charge in [0.25, 0.3) is 11.8 Å². The molecule has 0 radical (unpaired) electrons. The lowest BCUT2D eigenvalue weighted by Gasteiger charge is -2.28. The Labute approximate surface area is 139 Å². The molecule has 2 heterocycles. The van der Waals surface area contributed by atoms with Gasteiger partial charge in [0, 0.05) is 29.4 Å². The van der Waals surface area contributed by atoms with E-state index in [1.807, 2.05) is 0 Å². The summed E-state index contributed by atoms with van der Waals surface area (Å²) in [7, 11) is 0. The van der Waals surface area contributed by atoms with Gasteiger partial charge in [0.2, 0.25) is 0 Å². The summed E-state index contributed by atoms with van der Waals surface area (Å²) in [6.07, 6.45) is 4.50. The lowest BCUT2D eigenvalue weighted by atomic mass is 9.86. The highest BCUT2D eigenvalue weighted by Crippen LogP contribution is 2.35. The van der Waals surface area contributed by atoms with Gasteiger partial charge in [0.1, 0.15) is 0 Å². The maximum absolute atomic E-state index is 12.5. The molecular formula is C18H15ClN2O2. The topological polar surface area (TPSA) is 50.3 Å². The average molecular weight is 327 g/mol. The van der Waals surface area contributed by atoms with E-state index < -0.39 is 0 Å². The molecule has 1 aromatic carbocycles. The molecule has 2 aromatic rings. The second kappa shape index (κ2) is 5.46. The summed E-state index contributed by atoms with van der Waals surface area (Å²) in [5.74, 6) is -0.362. The molecule has 1 aliphatic carbocycles. The van der Waals surface area contributed by atoms with Crippen LogP contribution in [0.1, 0.15) is 50.7 Å². The summed E-state index contributed by atoms with van der Waals surface area (Å²) < 4.78 is 0. The van der Waals surface area contributed by atoms with Crippen molar-refractivity contribution < 1.29 is 9.59 Å². The van der Waals surface area contributed by atoms with E-state index in [1.54, 1.807) is 36.5 Å². The molecule has 4 rings (SSSR count). The summed E-state index contributed by atoms with van der Waals surface area (Å²) in [6.45, 7) is 0.368. The zero-order chi connectivity index (χ0) is 16.0. The lowest BCUT2D eigenvalue weighted by Crippen LogP contribution is -2.35. The van der Waals surface area contributed by atoms with Crippen molar-refractivity contribution in [3.05, 3.63) is 63.9 Å². The van der Waals surface area contributed by atoms with Crippen LogP contribution >= 0.6 is 11.6 Å². The first kappa shape index (κ1) is 14.4. The number of carbonyl (C=O) groups excluding carboxylic acids is 2. The Balaban J connectivity index is 1.65. The Morgan fingerprint density at radius 3 is 2.52 bits per heavy atom. The molecule has 1 atom stereocenters. The van der Waals surface area contributed by atoms with Crippen LogP contribution in [0.25, 0.3) is 0 Å². The minimum absolute atomic E-state index is 0.0552. The van der Waals surface area contributed by atoms with Gasteiger partial charge in [-0.25, -0.2) is 0 Å². The van der Waals surface area contributed by atoms with E-state index >= 15 is 0 Å². The molecular weight excluding hydrogens is 312 g/mol. The highest BCUT2D eigenvalue weighted by atomic mass is 35.5. The molecule has 0 saturated heterocycles. The Morgan fingerprint density at radius 1 is 1.13 bits per heavy atom. The SMILES string of the molecule is O=C1c2ccccc2C(=O)N1CC1CCCc2c(Cl)ccnc21. The number of benzene rings is 1. The van der Waals surface area contributed by atoms with Crippen molar-refractivity contribution in [2.24, 2.45) is 0 Å². The third kappa shape index (κ3) is 2.25. The molecule has 0 N–H and O–H groups in total. The van der Waals surface area contributed by atoms with Crippen molar-refractivity contribution >= 4 is 23.4 Å². The fourth-order valence-corrected chi connectivity index (χ4v) is 3.80. The average Bonchev–Trinajstić information content (AvgIpc) is 2.81. The molecule has 1 unspecified atom stereocenters. The number of nitrogens with zero attached hydrogens (tertiary/aromatic N) is 2. The van der Waals surface area contributed by atoms with Gasteiger partial charge in [-0.05, 0) is 43.0 Å². The number of amides is 2. The van der Waals surface area contributed by atoms with Crippen molar-refractivity contribution in [1.29, 1.82) is 0 Å². The number of aromatic nitrogens is 1. The molecule has 116 valence electrons. The van der Waals surface area contributed by atoms with Crippen LogP contribution in [0.15, 0.2) is 36.5 Å². The first-order chi connectivity index (χ1) is 11.2. The van der Waals surface area contributed by atoms with Gasteiger partial charge in [-0.1, -0.05) is 23.7 Å². The summed E-state index contributed by atoms with van der Waals surface area (Å²) in [5, 5.41) is 0.724. The van der Waals surface area contributed by atoms with E-state index in [4.69, 9.17) is 11.6 Å². The summed E-state index contributed by atoms with van der Waals surface area (Å²) in [4.78, 5) is 30.9. The van der Waals surface area contributed by atoms with Crippen molar-refractivity contribution in [3.8, 4) is 0 Å². The molecule has 23 heavy (non-hydrogen) atoms. The van der Waals surface area contributed by atoms with Crippen LogP contribution in [0.4, 0.5) is 0 Å². The molecule has 0 saturated carbocycles. The van der Waals surface area contributed by atoms with Crippen molar-refractivity contribution in [1.82, 2.24) is 9.88 Å². The number of carbonyl (C=O) groups is 2. The van der Waals surface area contributed by atoms with E-state index in [2.05, 4.69) is 4.98 Å². The third-order valence-corrected chi connectivity index (χ3v) is 5.03. The van der Waals surface area contributed by atoms with E-state index in [-0.39, 0.29) is 17.7 Å². The lowest BCUT2D eigenvalue weighted by molar-refractivity contribution is 0.0640. The molecule has 2 aliphatic rings. The normalized spacial score (nSPS) is 19.7. The number of halogens is 1. The molecule has 4 nitrogen and oxygen atoms in total. The van der Waals surface area contributed by atoms with Crippen LogP contribution in [0.3, 0.4) is 0 Å². The van der Waals surface area contributed by atoms with E-state index in [0.29, 0.717) is 17.7 Å². The molecule has 5 heteroatoms. The minimum atomic E-state index is -0.209. The largest absolute Gasteiger partial charge is 0.274 e. The zero-order valence-electron chi connectivity index (χ0n) is 12.5. The Kier molecular flexibility index (Phi) is 3.42. The first-order valence-corrected chi connectivity index (χ1v) is 8.13. The van der Waals surface area contributed by atoms with Gasteiger partial charge in [-0.2, -0.15) is 0 Å². The van der Waals surface area contributed by atoms with E-state index in [1.165, 1.54) is 4.90 Å². The summed E-state index contributed by atoms with van der Waals surface area (Å²) >= 11 is 6.27. The molecule has 0 fully saturated rings. The number of fused-ring (bicyclic) bond motifs is 2. The monoisotopic (exact) mass is 326 g/mol. The van der Waals surface area contributed by atoms with Gasteiger partial charge in [-0.3, -0.25) is 19.5 Å². The van der Waals surface area contributed by atoms with Crippen LogP contribution in [0, 0.1) is 0 Å². The fourth-order valence-electron chi connectivity index (χ4n) is 3.55. The number of hydrogen-bond acceptors (Lipinski definition) is 3. The number of hydrogen-bond donors (Lipinski definition) is 0. The number of rotatable bonds is 2. The van der Waals surface area contributed by atoms with E-state index in [9.17, 15) is 9.59 Å². The summed E-state index contributed by atoms with van der Waals surface area (Å²) in [6, 6.07) is 8.78. The smallest absolute Gasteiger partial charge is 0.261 e. The molecule has 1 aliphatic heterocycles. The highest BCUT2D eigenvalue weighted by Gasteiger charge is 2.37. The molecule has 1 aromatic heterocycles. The quantitative estimate of drug-likeness (QED) is 0.794. The zero-order valence-corrected chi connectivity index (χ0v) is 13.2. The number of imide groups is 1. The van der Waals surface area contributed by atoms with Gasteiger partial charge < -0.3 is 0 Å². The van der Waals surface area contributed by atoms with Gasteiger partial charge in [0.15, 0.2) is 0 Å². The van der Waals surface area contributed by atoms with Gasteiger partial charge in [0.05, 0.1) is 11.1 Å². The Bertz CT molecular complexity index is 783. The Morgan fingerprint density at radius 2 is 1.83 bits per heavy atom. The maximum Gasteiger partial charge on any atom is 0.261 e. The maximum atomic E-state index is 12.5. The standard InChI is InChI=1S/C18H15ClN2O2/c19-15-8-9-20-16-11(4-3-7-14(15)16)10-21-17(22)12-5-1-2-6-13(12)18(21)23/h1-2,5-6,8-9,11H,3-4,7,10H2. The number of pyridine rings is 1. The summed E-state index contributed by atoms with van der Waals surface area (Å²) in [5.41, 5.74) is 2.97. The second-order valence-corrected chi connectivity index (χ2v) is 6.42. The highest BCUT2D eigenvalue weighted by molar-refractivity contribution is 6.31. The molecule has 2 amide bonds.